The third-order valence-electron chi connectivity index (χ3n) is 3.87. The van der Waals surface area contributed by atoms with Crippen molar-refractivity contribution in [2.75, 3.05) is 5.32 Å². The van der Waals surface area contributed by atoms with Crippen molar-refractivity contribution >= 4 is 5.69 Å². The Labute approximate surface area is 119 Å². The van der Waals surface area contributed by atoms with E-state index < -0.39 is 0 Å². The van der Waals surface area contributed by atoms with Gasteiger partial charge in [-0.25, -0.2) is 0 Å². The average Bonchev–Trinajstić information content (AvgIpc) is 2.41. The highest BCUT2D eigenvalue weighted by Gasteiger charge is 2.07. The first-order valence-corrected chi connectivity index (χ1v) is 8.04. The molecule has 0 radical (unpaired) electrons. The zero-order valence-corrected chi connectivity index (χ0v) is 13.3. The monoisotopic (exact) mass is 261 g/mol. The van der Waals surface area contributed by atoms with Gasteiger partial charge in [-0.2, -0.15) is 0 Å². The summed E-state index contributed by atoms with van der Waals surface area (Å²) >= 11 is 0. The molecular formula is C18H31N. The van der Waals surface area contributed by atoms with Crippen LogP contribution in [-0.4, -0.2) is 6.04 Å². The zero-order valence-electron chi connectivity index (χ0n) is 13.3. The number of aryl methyl sites for hydroxylation is 2. The SMILES string of the molecule is CCCCCCCC(C)Nc1c(C)cccc1CC. The lowest BCUT2D eigenvalue weighted by atomic mass is 10.0. The Hall–Kier alpha value is -0.980. The van der Waals surface area contributed by atoms with Gasteiger partial charge in [0.2, 0.25) is 0 Å². The lowest BCUT2D eigenvalue weighted by Crippen LogP contribution is -2.17. The smallest absolute Gasteiger partial charge is 0.0404 e. The van der Waals surface area contributed by atoms with Gasteiger partial charge in [0.05, 0.1) is 0 Å². The molecule has 1 N–H and O–H groups in total. The fourth-order valence-corrected chi connectivity index (χ4v) is 2.60. The number of para-hydroxylation sites is 1. The van der Waals surface area contributed by atoms with E-state index in [1.807, 2.05) is 0 Å². The molecular weight excluding hydrogens is 230 g/mol. The number of anilines is 1. The topological polar surface area (TPSA) is 12.0 Å². The third-order valence-corrected chi connectivity index (χ3v) is 3.87. The van der Waals surface area contributed by atoms with Crippen molar-refractivity contribution < 1.29 is 0 Å². The average molecular weight is 261 g/mol. The minimum atomic E-state index is 0.577. The van der Waals surface area contributed by atoms with Crippen LogP contribution in [0.5, 0.6) is 0 Å². The lowest BCUT2D eigenvalue weighted by molar-refractivity contribution is 0.578. The van der Waals surface area contributed by atoms with Crippen molar-refractivity contribution in [1.29, 1.82) is 0 Å². The molecule has 1 aromatic carbocycles. The third kappa shape index (κ3) is 5.67. The maximum absolute atomic E-state index is 3.72. The summed E-state index contributed by atoms with van der Waals surface area (Å²) in [6.07, 6.45) is 9.23. The number of rotatable bonds is 9. The van der Waals surface area contributed by atoms with Gasteiger partial charge < -0.3 is 5.32 Å². The summed E-state index contributed by atoms with van der Waals surface area (Å²) in [5, 5.41) is 3.72. The van der Waals surface area contributed by atoms with Crippen molar-refractivity contribution in [2.24, 2.45) is 0 Å². The van der Waals surface area contributed by atoms with Gasteiger partial charge in [0.15, 0.2) is 0 Å². The van der Waals surface area contributed by atoms with Crippen molar-refractivity contribution in [3.63, 3.8) is 0 Å². The standard InChI is InChI=1S/C18H31N/c1-5-7-8-9-10-13-16(4)19-18-15(3)12-11-14-17(18)6-2/h11-12,14,16,19H,5-10,13H2,1-4H3. The molecule has 0 saturated heterocycles. The summed E-state index contributed by atoms with van der Waals surface area (Å²) in [6.45, 7) is 9.02. The van der Waals surface area contributed by atoms with E-state index in [2.05, 4.69) is 51.2 Å². The largest absolute Gasteiger partial charge is 0.382 e. The first-order chi connectivity index (χ1) is 9.19. The fraction of sp³-hybridized carbons (Fsp3) is 0.667. The molecule has 0 aliphatic rings. The van der Waals surface area contributed by atoms with E-state index in [-0.39, 0.29) is 0 Å². The second kappa shape index (κ2) is 9.01. The Bertz CT molecular complexity index is 357. The second-order valence-corrected chi connectivity index (χ2v) is 5.71. The van der Waals surface area contributed by atoms with E-state index in [4.69, 9.17) is 0 Å². The molecule has 1 nitrogen and oxygen atoms in total. The molecule has 0 heterocycles. The van der Waals surface area contributed by atoms with Crippen molar-refractivity contribution in [3.8, 4) is 0 Å². The molecule has 0 bridgehead atoms. The Morgan fingerprint density at radius 2 is 1.79 bits per heavy atom. The molecule has 0 amide bonds. The quantitative estimate of drug-likeness (QED) is 0.561. The first kappa shape index (κ1) is 16.1. The van der Waals surface area contributed by atoms with E-state index in [1.54, 1.807) is 0 Å². The predicted octanol–water partition coefficient (Wildman–Crippen LogP) is 5.72. The molecule has 0 aliphatic carbocycles. The number of benzene rings is 1. The van der Waals surface area contributed by atoms with Gasteiger partial charge in [-0.05, 0) is 37.8 Å². The van der Waals surface area contributed by atoms with Gasteiger partial charge in [-0.15, -0.1) is 0 Å². The van der Waals surface area contributed by atoms with Gasteiger partial charge in [0.1, 0.15) is 0 Å². The zero-order chi connectivity index (χ0) is 14.1. The van der Waals surface area contributed by atoms with Gasteiger partial charge in [-0.1, -0.05) is 64.2 Å². The van der Waals surface area contributed by atoms with Crippen molar-refractivity contribution in [1.82, 2.24) is 0 Å². The minimum absolute atomic E-state index is 0.577. The van der Waals surface area contributed by atoms with Crippen LogP contribution in [0.1, 0.15) is 70.4 Å². The van der Waals surface area contributed by atoms with Gasteiger partial charge >= 0.3 is 0 Å². The predicted molar refractivity (Wildman–Crippen MR) is 87.0 cm³/mol. The van der Waals surface area contributed by atoms with Crippen LogP contribution in [0, 0.1) is 6.92 Å². The van der Waals surface area contributed by atoms with Crippen LogP contribution in [0.4, 0.5) is 5.69 Å². The molecule has 108 valence electrons. The van der Waals surface area contributed by atoms with Crippen molar-refractivity contribution in [2.45, 2.75) is 78.7 Å². The van der Waals surface area contributed by atoms with Crippen LogP contribution in [0.25, 0.3) is 0 Å². The summed E-state index contributed by atoms with van der Waals surface area (Å²) in [6, 6.07) is 7.18. The van der Waals surface area contributed by atoms with Crippen LogP contribution in [0.3, 0.4) is 0 Å². The molecule has 0 aliphatic heterocycles. The van der Waals surface area contributed by atoms with Crippen LogP contribution < -0.4 is 5.32 Å². The molecule has 1 unspecified atom stereocenters. The Balaban J connectivity index is 2.41. The van der Waals surface area contributed by atoms with Gasteiger partial charge in [0.25, 0.3) is 0 Å². The highest BCUT2D eigenvalue weighted by atomic mass is 14.9. The summed E-state index contributed by atoms with van der Waals surface area (Å²) < 4.78 is 0. The lowest BCUT2D eigenvalue weighted by Gasteiger charge is -2.19. The minimum Gasteiger partial charge on any atom is -0.382 e. The molecule has 19 heavy (non-hydrogen) atoms. The Morgan fingerprint density at radius 3 is 2.47 bits per heavy atom. The normalized spacial score (nSPS) is 12.4. The Morgan fingerprint density at radius 1 is 1.05 bits per heavy atom. The first-order valence-electron chi connectivity index (χ1n) is 8.04. The van der Waals surface area contributed by atoms with Gasteiger partial charge in [-0.3, -0.25) is 0 Å². The summed E-state index contributed by atoms with van der Waals surface area (Å²) in [5.41, 5.74) is 4.18. The number of nitrogens with one attached hydrogen (secondary N) is 1. The Kier molecular flexibility index (Phi) is 7.62. The van der Waals surface area contributed by atoms with Crippen LogP contribution in [-0.2, 0) is 6.42 Å². The molecule has 1 atom stereocenters. The fourth-order valence-electron chi connectivity index (χ4n) is 2.60. The summed E-state index contributed by atoms with van der Waals surface area (Å²) in [7, 11) is 0. The van der Waals surface area contributed by atoms with E-state index in [0.717, 1.165) is 6.42 Å². The number of hydrogen-bond acceptors (Lipinski definition) is 1. The second-order valence-electron chi connectivity index (χ2n) is 5.71. The van der Waals surface area contributed by atoms with Crippen molar-refractivity contribution in [3.05, 3.63) is 29.3 Å². The summed E-state index contributed by atoms with van der Waals surface area (Å²) in [4.78, 5) is 0. The van der Waals surface area contributed by atoms with Crippen LogP contribution in [0.15, 0.2) is 18.2 Å². The maximum atomic E-state index is 3.72. The van der Waals surface area contributed by atoms with Crippen LogP contribution in [0.2, 0.25) is 0 Å². The molecule has 1 heteroatoms. The van der Waals surface area contributed by atoms with Gasteiger partial charge in [0, 0.05) is 11.7 Å². The van der Waals surface area contributed by atoms with Crippen LogP contribution >= 0.6 is 0 Å². The molecule has 0 saturated carbocycles. The van der Waals surface area contributed by atoms with E-state index in [0.29, 0.717) is 6.04 Å². The van der Waals surface area contributed by atoms with E-state index >= 15 is 0 Å². The molecule has 0 fully saturated rings. The molecule has 1 rings (SSSR count). The number of unbranched alkanes of at least 4 members (excludes halogenated alkanes) is 4. The van der Waals surface area contributed by atoms with E-state index in [1.165, 1.54) is 55.3 Å². The highest BCUT2D eigenvalue weighted by Crippen LogP contribution is 2.23. The maximum Gasteiger partial charge on any atom is 0.0404 e. The van der Waals surface area contributed by atoms with E-state index in [9.17, 15) is 0 Å². The molecule has 0 aromatic heterocycles. The number of hydrogen-bond donors (Lipinski definition) is 1. The molecule has 0 spiro atoms. The molecule has 1 aromatic rings. The highest BCUT2D eigenvalue weighted by molar-refractivity contribution is 5.57. The summed E-state index contributed by atoms with van der Waals surface area (Å²) in [5.74, 6) is 0.